The van der Waals surface area contributed by atoms with Gasteiger partial charge in [0.1, 0.15) is 6.04 Å². The van der Waals surface area contributed by atoms with E-state index in [1.54, 1.807) is 11.3 Å². The van der Waals surface area contributed by atoms with E-state index < -0.39 is 0 Å². The van der Waals surface area contributed by atoms with E-state index in [4.69, 9.17) is 4.74 Å². The average Bonchev–Trinajstić information content (AvgIpc) is 3.46. The molecule has 0 aromatic carbocycles. The molecule has 1 aromatic heterocycles. The number of likely N-dealkylation sites (N-methyl/N-ethyl adjacent to an activating group) is 1. The first-order chi connectivity index (χ1) is 15.5. The van der Waals surface area contributed by atoms with Crippen LogP contribution in [0, 0.1) is 5.92 Å². The number of rotatable bonds is 6. The molecule has 3 aliphatic rings. The number of likely N-dealkylation sites (tertiary alicyclic amines) is 2. The van der Waals surface area contributed by atoms with Crippen LogP contribution in [0.2, 0.25) is 0 Å². The van der Waals surface area contributed by atoms with Gasteiger partial charge in [0.2, 0.25) is 11.8 Å². The molecule has 8 nitrogen and oxygen atoms in total. The Morgan fingerprint density at radius 1 is 1.22 bits per heavy atom. The monoisotopic (exact) mass is 462 g/mol. The van der Waals surface area contributed by atoms with Crippen molar-refractivity contribution in [3.05, 3.63) is 22.4 Å². The molecule has 1 aromatic rings. The first kappa shape index (κ1) is 23.2. The molecule has 3 aliphatic heterocycles. The lowest BCUT2D eigenvalue weighted by Crippen LogP contribution is -2.49. The quantitative estimate of drug-likeness (QED) is 0.642. The van der Waals surface area contributed by atoms with E-state index in [1.807, 2.05) is 4.90 Å². The lowest BCUT2D eigenvalue weighted by atomic mass is 9.96. The van der Waals surface area contributed by atoms with Crippen LogP contribution in [0.5, 0.6) is 0 Å². The van der Waals surface area contributed by atoms with Gasteiger partial charge in [0.05, 0.1) is 13.0 Å². The van der Waals surface area contributed by atoms with Crippen molar-refractivity contribution >= 4 is 29.1 Å². The second kappa shape index (κ2) is 10.3. The number of hydrogen-bond acceptors (Lipinski definition) is 7. The molecule has 1 N–H and O–H groups in total. The first-order valence-corrected chi connectivity index (χ1v) is 12.5. The van der Waals surface area contributed by atoms with Gasteiger partial charge in [0.25, 0.3) is 0 Å². The Labute approximate surface area is 193 Å². The highest BCUT2D eigenvalue weighted by Gasteiger charge is 2.45. The summed E-state index contributed by atoms with van der Waals surface area (Å²) in [6.07, 6.45) is 3.49. The maximum Gasteiger partial charge on any atom is 0.308 e. The van der Waals surface area contributed by atoms with E-state index >= 15 is 0 Å². The van der Waals surface area contributed by atoms with Gasteiger partial charge >= 0.3 is 5.97 Å². The lowest BCUT2D eigenvalue weighted by molar-refractivity contribution is -0.149. The minimum atomic E-state index is -0.174. The van der Waals surface area contributed by atoms with Crippen molar-refractivity contribution in [2.45, 2.75) is 56.8 Å². The summed E-state index contributed by atoms with van der Waals surface area (Å²) in [5.74, 6) is -0.0231. The smallest absolute Gasteiger partial charge is 0.308 e. The molecule has 2 amide bonds. The van der Waals surface area contributed by atoms with Gasteiger partial charge in [-0.05, 0) is 44.2 Å². The Kier molecular flexibility index (Phi) is 7.48. The standard InChI is InChI=1S/C23H34N4O4S/c1-25-17(5-6-20(28)26-10-7-16(8-11-26)23(30)31-2)14-24-22(29)21-19(25)9-12-27(21)15-18-4-3-13-32-18/h3-4,13,16-17,19,21H,5-12,14-15H2,1-2H3,(H,24,29). The Morgan fingerprint density at radius 2 is 2.00 bits per heavy atom. The molecule has 3 unspecified atom stereocenters. The molecule has 0 aliphatic carbocycles. The van der Waals surface area contributed by atoms with Crippen molar-refractivity contribution in [3.63, 3.8) is 0 Å². The molecule has 4 heterocycles. The molecule has 0 saturated carbocycles. The van der Waals surface area contributed by atoms with E-state index in [0.29, 0.717) is 38.9 Å². The van der Waals surface area contributed by atoms with Crippen LogP contribution in [0.3, 0.4) is 0 Å². The predicted molar refractivity (Wildman–Crippen MR) is 122 cm³/mol. The number of carbonyl (C=O) groups is 3. The molecule has 32 heavy (non-hydrogen) atoms. The van der Waals surface area contributed by atoms with Crippen molar-refractivity contribution in [3.8, 4) is 0 Å². The molecular formula is C23H34N4O4S. The molecule has 0 radical (unpaired) electrons. The highest BCUT2D eigenvalue weighted by Crippen LogP contribution is 2.29. The summed E-state index contributed by atoms with van der Waals surface area (Å²) in [6.45, 7) is 3.51. The third kappa shape index (κ3) is 5.00. The second-order valence-electron chi connectivity index (χ2n) is 9.13. The average molecular weight is 463 g/mol. The minimum absolute atomic E-state index is 0.0938. The molecule has 3 fully saturated rings. The zero-order chi connectivity index (χ0) is 22.7. The number of methoxy groups -OCH3 is 1. The van der Waals surface area contributed by atoms with Crippen LogP contribution in [0.25, 0.3) is 0 Å². The summed E-state index contributed by atoms with van der Waals surface area (Å²) in [7, 11) is 3.52. The van der Waals surface area contributed by atoms with E-state index in [2.05, 4.69) is 39.7 Å². The van der Waals surface area contributed by atoms with Crippen LogP contribution in [0.1, 0.15) is 37.0 Å². The molecule has 9 heteroatoms. The van der Waals surface area contributed by atoms with E-state index in [1.165, 1.54) is 12.0 Å². The number of amides is 2. The number of nitrogens with zero attached hydrogens (tertiary/aromatic N) is 3. The third-order valence-corrected chi connectivity index (χ3v) is 8.22. The van der Waals surface area contributed by atoms with Crippen LogP contribution in [0.15, 0.2) is 17.5 Å². The van der Waals surface area contributed by atoms with Crippen molar-refractivity contribution in [1.82, 2.24) is 20.0 Å². The predicted octanol–water partition coefficient (Wildman–Crippen LogP) is 1.31. The fourth-order valence-corrected chi connectivity index (χ4v) is 6.14. The number of nitrogens with one attached hydrogen (secondary N) is 1. The minimum Gasteiger partial charge on any atom is -0.469 e. The van der Waals surface area contributed by atoms with Crippen LogP contribution < -0.4 is 5.32 Å². The number of carbonyl (C=O) groups excluding carboxylic acids is 3. The van der Waals surface area contributed by atoms with Crippen molar-refractivity contribution in [2.75, 3.05) is 40.3 Å². The number of fused-ring (bicyclic) bond motifs is 1. The van der Waals surface area contributed by atoms with Gasteiger partial charge in [-0.25, -0.2) is 0 Å². The lowest BCUT2D eigenvalue weighted by Gasteiger charge is -2.34. The van der Waals surface area contributed by atoms with Crippen LogP contribution in [-0.2, 0) is 25.7 Å². The Balaban J connectivity index is 1.30. The van der Waals surface area contributed by atoms with Gasteiger partial charge in [0.15, 0.2) is 0 Å². The zero-order valence-electron chi connectivity index (χ0n) is 19.0. The highest BCUT2D eigenvalue weighted by molar-refractivity contribution is 7.09. The maximum atomic E-state index is 12.9. The maximum absolute atomic E-state index is 12.9. The van der Waals surface area contributed by atoms with Gasteiger partial charge in [-0.2, -0.15) is 0 Å². The largest absolute Gasteiger partial charge is 0.469 e. The van der Waals surface area contributed by atoms with Gasteiger partial charge < -0.3 is 15.0 Å². The summed E-state index contributed by atoms with van der Waals surface area (Å²) >= 11 is 1.73. The van der Waals surface area contributed by atoms with Crippen LogP contribution in [-0.4, -0.2) is 90.9 Å². The summed E-state index contributed by atoms with van der Waals surface area (Å²) in [5.41, 5.74) is 0. The molecule has 4 rings (SSSR count). The second-order valence-corrected chi connectivity index (χ2v) is 10.2. The van der Waals surface area contributed by atoms with Crippen LogP contribution in [0.4, 0.5) is 0 Å². The zero-order valence-corrected chi connectivity index (χ0v) is 19.8. The normalized spacial score (nSPS) is 27.6. The van der Waals surface area contributed by atoms with Gasteiger partial charge in [-0.3, -0.25) is 24.2 Å². The molecule has 176 valence electrons. The van der Waals surface area contributed by atoms with Crippen LogP contribution >= 0.6 is 11.3 Å². The Bertz CT molecular complexity index is 809. The summed E-state index contributed by atoms with van der Waals surface area (Å²) < 4.78 is 4.83. The number of piperidine rings is 1. The Hall–Kier alpha value is -1.97. The Morgan fingerprint density at radius 3 is 2.69 bits per heavy atom. The van der Waals surface area contributed by atoms with Gasteiger partial charge in [-0.1, -0.05) is 6.07 Å². The van der Waals surface area contributed by atoms with Crippen molar-refractivity contribution < 1.29 is 19.1 Å². The highest BCUT2D eigenvalue weighted by atomic mass is 32.1. The first-order valence-electron chi connectivity index (χ1n) is 11.6. The number of thiophene rings is 1. The topological polar surface area (TPSA) is 82.2 Å². The third-order valence-electron chi connectivity index (χ3n) is 7.36. The number of esters is 1. The van der Waals surface area contributed by atoms with E-state index in [-0.39, 0.29) is 41.8 Å². The molecule has 3 saturated heterocycles. The van der Waals surface area contributed by atoms with Crippen molar-refractivity contribution in [2.24, 2.45) is 5.92 Å². The van der Waals surface area contributed by atoms with E-state index in [9.17, 15) is 14.4 Å². The molecule has 0 spiro atoms. The van der Waals surface area contributed by atoms with Crippen molar-refractivity contribution in [1.29, 1.82) is 0 Å². The fourth-order valence-electron chi connectivity index (χ4n) is 5.41. The van der Waals surface area contributed by atoms with Gasteiger partial charge in [0, 0.05) is 56.1 Å². The molecule has 3 atom stereocenters. The van der Waals surface area contributed by atoms with E-state index in [0.717, 1.165) is 25.9 Å². The number of hydrogen-bond donors (Lipinski definition) is 1. The number of ether oxygens (including phenoxy) is 1. The summed E-state index contributed by atoms with van der Waals surface area (Å²) in [4.78, 5) is 45.2. The molecular weight excluding hydrogens is 428 g/mol. The molecule has 0 bridgehead atoms. The van der Waals surface area contributed by atoms with Gasteiger partial charge in [-0.15, -0.1) is 11.3 Å². The summed E-state index contributed by atoms with van der Waals surface area (Å²) in [5, 5.41) is 5.22. The summed E-state index contributed by atoms with van der Waals surface area (Å²) in [6, 6.07) is 4.36. The SMILES string of the molecule is COC(=O)C1CCN(C(=O)CCC2CNC(=O)C3C(CCN3Cc3cccs3)N2C)CC1. The fraction of sp³-hybridized carbons (Fsp3) is 0.696.